The molecule has 0 bridgehead atoms. The molecular formula is C87H164N4O6S2. The van der Waals surface area contributed by atoms with Crippen molar-refractivity contribution in [1.82, 2.24) is 19.6 Å². The third kappa shape index (κ3) is 70.4. The smallest absolute Gasteiger partial charge is 0.305 e. The predicted molar refractivity (Wildman–Crippen MR) is 439 cm³/mol. The van der Waals surface area contributed by atoms with Crippen molar-refractivity contribution in [3.63, 3.8) is 0 Å². The molecule has 0 radical (unpaired) electrons. The van der Waals surface area contributed by atoms with Crippen LogP contribution in [-0.4, -0.2) is 167 Å². The molecule has 0 aromatic carbocycles. The Balaban J connectivity index is 2.49. The summed E-state index contributed by atoms with van der Waals surface area (Å²) in [6.45, 7) is 19.3. The maximum Gasteiger partial charge on any atom is 0.305 e. The highest BCUT2D eigenvalue weighted by molar-refractivity contribution is 8.76. The molecule has 580 valence electrons. The molecule has 4 atom stereocenters. The van der Waals surface area contributed by atoms with Crippen LogP contribution in [0.5, 0.6) is 0 Å². The number of unbranched alkanes of at least 4 members (excludes halogenated alkanes) is 34. The van der Waals surface area contributed by atoms with Crippen LogP contribution in [-0.2, 0) is 9.53 Å². The van der Waals surface area contributed by atoms with Crippen molar-refractivity contribution in [1.29, 1.82) is 0 Å². The fourth-order valence-electron chi connectivity index (χ4n) is 13.3. The largest absolute Gasteiger partial charge is 0.464 e. The summed E-state index contributed by atoms with van der Waals surface area (Å²) < 4.78 is 5.79. The zero-order valence-corrected chi connectivity index (χ0v) is 67.3. The minimum absolute atomic E-state index is 0.151. The molecule has 99 heavy (non-hydrogen) atoms. The first-order valence-electron chi connectivity index (χ1n) is 42.6. The van der Waals surface area contributed by atoms with Crippen LogP contribution < -0.4 is 0 Å². The molecule has 1 heterocycles. The zero-order valence-electron chi connectivity index (χ0n) is 65.6. The number of carbonyl (C=O) groups excluding carboxylic acids is 1. The van der Waals surface area contributed by atoms with E-state index in [2.05, 4.69) is 120 Å². The zero-order chi connectivity index (χ0) is 71.5. The van der Waals surface area contributed by atoms with E-state index < -0.39 is 12.2 Å². The monoisotopic (exact) mass is 1430 g/mol. The van der Waals surface area contributed by atoms with E-state index in [9.17, 15) is 25.2 Å². The summed E-state index contributed by atoms with van der Waals surface area (Å²) in [4.78, 5) is 22.6. The maximum atomic E-state index is 13.0. The quantitative estimate of drug-likeness (QED) is 0.0201. The van der Waals surface area contributed by atoms with Crippen LogP contribution in [0.2, 0.25) is 0 Å². The van der Waals surface area contributed by atoms with Gasteiger partial charge in [-0.25, -0.2) is 0 Å². The van der Waals surface area contributed by atoms with Crippen LogP contribution in [0.15, 0.2) is 72.9 Å². The second-order valence-electron chi connectivity index (χ2n) is 29.5. The minimum Gasteiger partial charge on any atom is -0.464 e. The minimum atomic E-state index is -0.433. The van der Waals surface area contributed by atoms with Crippen molar-refractivity contribution in [2.75, 3.05) is 96.6 Å². The summed E-state index contributed by atoms with van der Waals surface area (Å²) in [6.07, 6.45) is 85.7. The van der Waals surface area contributed by atoms with Gasteiger partial charge in [0.2, 0.25) is 0 Å². The lowest BCUT2D eigenvalue weighted by molar-refractivity contribution is -0.144. The van der Waals surface area contributed by atoms with Crippen LogP contribution in [0.3, 0.4) is 0 Å². The number of aliphatic hydroxyl groups excluding tert-OH is 4. The Hall–Kier alpha value is -1.71. The number of ether oxygens (including phenoxy) is 1. The molecule has 1 saturated heterocycles. The molecule has 1 aliphatic rings. The lowest BCUT2D eigenvalue weighted by Gasteiger charge is -2.34. The topological polar surface area (TPSA) is 120 Å². The Morgan fingerprint density at radius 3 is 0.970 bits per heavy atom. The van der Waals surface area contributed by atoms with Gasteiger partial charge in [0.1, 0.15) is 6.61 Å². The molecular weight excluding hydrogens is 1260 g/mol. The van der Waals surface area contributed by atoms with E-state index in [1.54, 1.807) is 0 Å². The van der Waals surface area contributed by atoms with Gasteiger partial charge in [0.25, 0.3) is 0 Å². The fourth-order valence-corrected chi connectivity index (χ4v) is 15.4. The molecule has 1 aliphatic heterocycles. The van der Waals surface area contributed by atoms with Gasteiger partial charge in [-0.1, -0.05) is 289 Å². The molecule has 0 aromatic heterocycles. The van der Waals surface area contributed by atoms with Crippen LogP contribution in [0.1, 0.15) is 355 Å². The predicted octanol–water partition coefficient (Wildman–Crippen LogP) is 22.9. The van der Waals surface area contributed by atoms with Gasteiger partial charge in [0.15, 0.2) is 0 Å². The van der Waals surface area contributed by atoms with Gasteiger partial charge in [-0.2, -0.15) is 0 Å². The van der Waals surface area contributed by atoms with E-state index in [0.717, 1.165) is 179 Å². The second kappa shape index (κ2) is 77.4. The van der Waals surface area contributed by atoms with Crippen molar-refractivity contribution in [3.8, 4) is 0 Å². The van der Waals surface area contributed by atoms with Gasteiger partial charge >= 0.3 is 5.97 Å². The van der Waals surface area contributed by atoms with Gasteiger partial charge in [-0.15, -0.1) is 0 Å². The molecule has 10 nitrogen and oxygen atoms in total. The number of allylic oxidation sites excluding steroid dienone is 12. The maximum absolute atomic E-state index is 13.0. The molecule has 0 amide bonds. The van der Waals surface area contributed by atoms with E-state index in [-0.39, 0.29) is 18.2 Å². The highest BCUT2D eigenvalue weighted by atomic mass is 33.1. The normalized spacial score (nSPS) is 15.0. The standard InChI is InChI=1S/C87H164N4O6S2/c1-5-9-13-17-21-25-29-33-37-41-45-49-53-57-63-83(92)79-90(80-84(93)64-58-54-50-46-42-38-34-30-26-22-18-14-10-6-2)68-61-67-87(96)97-76-74-88-70-72-89(73-71-88)75-78-99-98-77-62-69-91(81-85(94)65-59-55-51-47-43-39-35-31-27-23-19-15-11-7-3)82-86(95)66-60-56-52-48-44-40-36-32-28-24-20-16-12-8-4/h23-24,27-28,33-40,83-86,92-95H,5-22,25-26,29-32,41-82H2,1-4H3/b27-23-,28-24-,37-33-,38-34-,39-35-,40-36-/t83-,84-,85+,86+/m1/s1. The molecule has 0 unspecified atom stereocenters. The Labute approximate surface area is 622 Å². The third-order valence-electron chi connectivity index (χ3n) is 19.7. The Bertz CT molecular complexity index is 1750. The average molecular weight is 1430 g/mol. The van der Waals surface area contributed by atoms with Crippen molar-refractivity contribution in [3.05, 3.63) is 72.9 Å². The number of carbonyl (C=O) groups is 1. The number of hydrogen-bond donors (Lipinski definition) is 4. The molecule has 12 heteroatoms. The molecule has 1 rings (SSSR count). The van der Waals surface area contributed by atoms with Crippen molar-refractivity contribution >= 4 is 27.6 Å². The Morgan fingerprint density at radius 1 is 0.343 bits per heavy atom. The molecule has 0 spiro atoms. The number of rotatable bonds is 77. The van der Waals surface area contributed by atoms with E-state index in [1.165, 1.54) is 193 Å². The van der Waals surface area contributed by atoms with E-state index in [1.807, 2.05) is 21.6 Å². The van der Waals surface area contributed by atoms with Crippen molar-refractivity contribution in [2.45, 2.75) is 380 Å². The lowest BCUT2D eigenvalue weighted by Crippen LogP contribution is -2.47. The summed E-state index contributed by atoms with van der Waals surface area (Å²) >= 11 is 0. The van der Waals surface area contributed by atoms with Crippen LogP contribution in [0.25, 0.3) is 0 Å². The van der Waals surface area contributed by atoms with E-state index in [0.29, 0.717) is 52.2 Å². The first-order valence-corrected chi connectivity index (χ1v) is 45.1. The van der Waals surface area contributed by atoms with Crippen molar-refractivity contribution in [2.24, 2.45) is 0 Å². The second-order valence-corrected chi connectivity index (χ2v) is 32.2. The van der Waals surface area contributed by atoms with Gasteiger partial charge in [-0.05, 0) is 167 Å². The van der Waals surface area contributed by atoms with Gasteiger partial charge < -0.3 is 25.2 Å². The first kappa shape index (κ1) is 95.3. The van der Waals surface area contributed by atoms with Crippen LogP contribution >= 0.6 is 21.6 Å². The Kier molecular flexibility index (Phi) is 74.5. The fraction of sp³-hybridized carbons (Fsp3) is 0.851. The molecule has 4 N–H and O–H groups in total. The Morgan fingerprint density at radius 2 is 0.616 bits per heavy atom. The third-order valence-corrected chi connectivity index (χ3v) is 22.2. The van der Waals surface area contributed by atoms with Gasteiger partial charge in [-0.3, -0.25) is 24.4 Å². The number of piperazine rings is 1. The van der Waals surface area contributed by atoms with Gasteiger partial charge in [0.05, 0.1) is 24.4 Å². The average Bonchev–Trinajstić information content (AvgIpc) is 2.50. The SMILES string of the molecule is CCCCC/C=C\C/C=C\CCCCCC[C@H](O)CN(CCCSSCCN1CCN(CCOC(=O)CCCN(C[C@H](O)CCCCCC/C=C\CCCCCCCC)C[C@H](O)CCCCCC/C=C\CCCCCCCC)CC1)C[C@@H](O)CCCCCC/C=C\C/C=C\CCCCC. The lowest BCUT2D eigenvalue weighted by atomic mass is 10.1. The summed E-state index contributed by atoms with van der Waals surface area (Å²) in [6, 6.07) is 0. The summed E-state index contributed by atoms with van der Waals surface area (Å²) in [5.74, 6) is 2.00. The molecule has 1 fully saturated rings. The summed E-state index contributed by atoms with van der Waals surface area (Å²) in [5.41, 5.74) is 0. The first-order chi connectivity index (χ1) is 48.7. The number of nitrogens with zero attached hydrogens (tertiary/aromatic N) is 4. The van der Waals surface area contributed by atoms with Crippen molar-refractivity contribution < 1.29 is 30.0 Å². The summed E-state index contributed by atoms with van der Waals surface area (Å²) in [7, 11) is 3.93. The van der Waals surface area contributed by atoms with Crippen LogP contribution in [0.4, 0.5) is 0 Å². The highest BCUT2D eigenvalue weighted by Crippen LogP contribution is 2.23. The van der Waals surface area contributed by atoms with Crippen LogP contribution in [0, 0.1) is 0 Å². The highest BCUT2D eigenvalue weighted by Gasteiger charge is 2.20. The molecule has 0 saturated carbocycles. The molecule has 0 aliphatic carbocycles. The number of aliphatic hydroxyl groups is 4. The van der Waals surface area contributed by atoms with E-state index in [4.69, 9.17) is 4.74 Å². The van der Waals surface area contributed by atoms with Gasteiger partial charge in [0, 0.05) is 83.4 Å². The molecule has 0 aromatic rings. The summed E-state index contributed by atoms with van der Waals surface area (Å²) in [5, 5.41) is 44.8. The number of hydrogen-bond acceptors (Lipinski definition) is 12. The number of esters is 1. The van der Waals surface area contributed by atoms with E-state index >= 15 is 0 Å².